The highest BCUT2D eigenvalue weighted by atomic mass is 19.1. The number of nitrogens with zero attached hydrogens (tertiary/aromatic N) is 4. The summed E-state index contributed by atoms with van der Waals surface area (Å²) in [7, 11) is 4.21. The summed E-state index contributed by atoms with van der Waals surface area (Å²) in [6.45, 7) is 15.6. The van der Waals surface area contributed by atoms with E-state index >= 15 is 0 Å². The lowest BCUT2D eigenvalue weighted by molar-refractivity contribution is -0.165. The van der Waals surface area contributed by atoms with E-state index < -0.39 is 24.1 Å². The summed E-state index contributed by atoms with van der Waals surface area (Å²) >= 11 is 0. The average Bonchev–Trinajstić information content (AvgIpc) is 3.36. The Bertz CT molecular complexity index is 2080. The molecule has 0 bridgehead atoms. The number of halogens is 2. The fourth-order valence-corrected chi connectivity index (χ4v) is 7.68. The molecule has 2 heterocycles. The summed E-state index contributed by atoms with van der Waals surface area (Å²) in [5.74, 6) is -1.43. The number of nitrogens with one attached hydrogen (secondary N) is 2. The van der Waals surface area contributed by atoms with E-state index in [0.29, 0.717) is 51.2 Å². The number of hydrogen-bond donors (Lipinski definition) is 6. The number of carbonyl (C=O) groups is 4. The Hall–Kier alpha value is -6.34. The Kier molecular flexibility index (Phi) is 24.2. The van der Waals surface area contributed by atoms with Gasteiger partial charge in [-0.1, -0.05) is 76.2 Å². The first-order chi connectivity index (χ1) is 34.3. The highest BCUT2D eigenvalue weighted by Crippen LogP contribution is 2.22. The molecule has 16 nitrogen and oxygen atoms in total. The predicted molar refractivity (Wildman–Crippen MR) is 270 cm³/mol. The highest BCUT2D eigenvalue weighted by molar-refractivity contribution is 5.83. The van der Waals surface area contributed by atoms with Crippen LogP contribution in [0.25, 0.3) is 0 Å². The van der Waals surface area contributed by atoms with Crippen LogP contribution in [0.1, 0.15) is 75.6 Å². The van der Waals surface area contributed by atoms with Crippen LogP contribution in [0.3, 0.4) is 0 Å². The predicted octanol–water partition coefficient (Wildman–Crippen LogP) is 7.21. The van der Waals surface area contributed by atoms with Gasteiger partial charge in [-0.05, 0) is 149 Å². The van der Waals surface area contributed by atoms with E-state index in [4.69, 9.17) is 29.9 Å². The molecule has 394 valence electrons. The first kappa shape index (κ1) is 58.2. The molecule has 2 saturated heterocycles. The van der Waals surface area contributed by atoms with Crippen LogP contribution in [-0.2, 0) is 35.8 Å². The summed E-state index contributed by atoms with van der Waals surface area (Å²) < 4.78 is 38.0. The molecule has 4 amide bonds. The molecule has 2 fully saturated rings. The standard InChI is InChI=1S/2C25H34FN3O2.C4H6O6/c2*1-19(2)18-31-24-10-6-20(7-11-24)16-27-25(30)29(23-12-14-28(3)15-13-23)17-21-4-8-22(26)9-5-21;5-1(3(7)8)2(6)4(9)10/h2*4-11,19,23H,12-18H2,1-3H3,(H,27,30);1-2,5-6H,(H,7,8)(H,9,10)/t;;1-,2-/m..0/s1. The smallest absolute Gasteiger partial charge is 0.335 e. The number of likely N-dealkylation sites (tertiary alicyclic amines) is 2. The van der Waals surface area contributed by atoms with E-state index in [1.807, 2.05) is 58.3 Å². The Morgan fingerprint density at radius 3 is 1.11 bits per heavy atom. The van der Waals surface area contributed by atoms with Gasteiger partial charge in [0.05, 0.1) is 13.2 Å². The van der Waals surface area contributed by atoms with Crippen molar-refractivity contribution in [1.82, 2.24) is 30.2 Å². The summed E-state index contributed by atoms with van der Waals surface area (Å²) in [5.41, 5.74) is 3.91. The molecule has 18 heteroatoms. The van der Waals surface area contributed by atoms with Gasteiger partial charge in [0.1, 0.15) is 23.1 Å². The third kappa shape index (κ3) is 20.8. The molecule has 0 unspecified atom stereocenters. The first-order valence-corrected chi connectivity index (χ1v) is 24.5. The zero-order chi connectivity index (χ0) is 52.7. The van der Waals surface area contributed by atoms with Gasteiger partial charge in [0.15, 0.2) is 12.2 Å². The molecule has 4 aromatic carbocycles. The van der Waals surface area contributed by atoms with Gasteiger partial charge in [0.25, 0.3) is 0 Å². The van der Waals surface area contributed by atoms with Crippen LogP contribution in [0, 0.1) is 23.5 Å². The van der Waals surface area contributed by atoms with Crippen LogP contribution >= 0.6 is 0 Å². The Morgan fingerprint density at radius 2 is 0.833 bits per heavy atom. The maximum Gasteiger partial charge on any atom is 0.335 e. The van der Waals surface area contributed by atoms with Gasteiger partial charge in [0.2, 0.25) is 0 Å². The second-order valence-electron chi connectivity index (χ2n) is 19.2. The number of amides is 4. The first-order valence-electron chi connectivity index (χ1n) is 24.5. The molecule has 0 aliphatic carbocycles. The summed E-state index contributed by atoms with van der Waals surface area (Å²) in [4.78, 5) is 54.2. The van der Waals surface area contributed by atoms with Crippen LogP contribution in [0.15, 0.2) is 97.1 Å². The third-order valence-electron chi connectivity index (χ3n) is 12.0. The molecule has 4 aromatic rings. The zero-order valence-corrected chi connectivity index (χ0v) is 42.4. The van der Waals surface area contributed by atoms with Gasteiger partial charge in [-0.2, -0.15) is 0 Å². The fourth-order valence-electron chi connectivity index (χ4n) is 7.68. The largest absolute Gasteiger partial charge is 0.493 e. The Balaban J connectivity index is 0.000000263. The molecule has 0 radical (unpaired) electrons. The number of urea groups is 2. The molecule has 0 saturated carbocycles. The third-order valence-corrected chi connectivity index (χ3v) is 12.0. The van der Waals surface area contributed by atoms with Crippen molar-refractivity contribution in [1.29, 1.82) is 0 Å². The molecular formula is C54H74F2N6O10. The normalized spacial score (nSPS) is 15.2. The number of carboxylic acid groups (broad SMARTS) is 2. The van der Waals surface area contributed by atoms with Gasteiger partial charge < -0.3 is 60.1 Å². The second-order valence-corrected chi connectivity index (χ2v) is 19.2. The lowest BCUT2D eigenvalue weighted by Crippen LogP contribution is -2.49. The van der Waals surface area contributed by atoms with Crippen molar-refractivity contribution in [3.63, 3.8) is 0 Å². The number of ether oxygens (including phenoxy) is 2. The molecule has 2 atom stereocenters. The number of hydrogen-bond acceptors (Lipinski definition) is 10. The van der Waals surface area contributed by atoms with Gasteiger partial charge in [-0.15, -0.1) is 0 Å². The lowest BCUT2D eigenvalue weighted by Gasteiger charge is -2.37. The second kappa shape index (κ2) is 29.9. The van der Waals surface area contributed by atoms with Crippen LogP contribution in [0.5, 0.6) is 11.5 Å². The fraction of sp³-hybridized carbons (Fsp3) is 0.481. The molecule has 2 aliphatic rings. The Morgan fingerprint density at radius 1 is 0.542 bits per heavy atom. The van der Waals surface area contributed by atoms with E-state index in [9.17, 15) is 28.0 Å². The van der Waals surface area contributed by atoms with E-state index in [1.165, 1.54) is 24.3 Å². The van der Waals surface area contributed by atoms with Crippen LogP contribution in [-0.4, -0.2) is 142 Å². The molecule has 72 heavy (non-hydrogen) atoms. The Labute approximate surface area is 422 Å². The molecule has 6 rings (SSSR count). The number of aliphatic hydroxyl groups excluding tert-OH is 2. The minimum atomic E-state index is -2.27. The van der Waals surface area contributed by atoms with Crippen molar-refractivity contribution in [2.75, 3.05) is 53.5 Å². The van der Waals surface area contributed by atoms with Crippen molar-refractivity contribution in [2.45, 2.75) is 104 Å². The number of benzene rings is 4. The number of aliphatic hydroxyl groups is 2. The van der Waals surface area contributed by atoms with E-state index in [-0.39, 0.29) is 35.8 Å². The van der Waals surface area contributed by atoms with Crippen molar-refractivity contribution in [3.8, 4) is 11.5 Å². The van der Waals surface area contributed by atoms with Gasteiger partial charge >= 0.3 is 24.0 Å². The quantitative estimate of drug-likeness (QED) is 0.0552. The minimum absolute atomic E-state index is 0.0842. The highest BCUT2D eigenvalue weighted by Gasteiger charge is 2.30. The SMILES string of the molecule is CC(C)COc1ccc(CNC(=O)N(Cc2ccc(F)cc2)C2CCN(C)CC2)cc1.CC(C)COc1ccc(CNC(=O)N(Cc2ccc(F)cc2)C2CCN(C)CC2)cc1.O=C(O)[C@@H](O)[C@H](O)C(=O)O. The summed E-state index contributed by atoms with van der Waals surface area (Å²) in [5, 5.41) is 38.7. The topological polar surface area (TPSA) is 205 Å². The van der Waals surface area contributed by atoms with Gasteiger partial charge in [-0.25, -0.2) is 28.0 Å². The van der Waals surface area contributed by atoms with Crippen molar-refractivity contribution in [2.24, 2.45) is 11.8 Å². The number of aliphatic carboxylic acids is 2. The molecular weight excluding hydrogens is 931 g/mol. The van der Waals surface area contributed by atoms with Gasteiger partial charge in [0, 0.05) is 38.3 Å². The number of carboxylic acids is 2. The number of carbonyl (C=O) groups excluding carboxylic acids is 2. The van der Waals surface area contributed by atoms with Crippen LogP contribution < -0.4 is 20.1 Å². The zero-order valence-electron chi connectivity index (χ0n) is 42.4. The summed E-state index contributed by atoms with van der Waals surface area (Å²) in [6, 6.07) is 28.7. The summed E-state index contributed by atoms with van der Waals surface area (Å²) in [6.07, 6.45) is -0.782. The van der Waals surface area contributed by atoms with Crippen molar-refractivity contribution < 1.29 is 57.9 Å². The maximum absolute atomic E-state index is 13.3. The number of piperidine rings is 2. The van der Waals surface area contributed by atoms with Crippen LogP contribution in [0.2, 0.25) is 0 Å². The van der Waals surface area contributed by atoms with E-state index in [0.717, 1.165) is 85.6 Å². The average molecular weight is 1010 g/mol. The molecule has 0 aromatic heterocycles. The lowest BCUT2D eigenvalue weighted by atomic mass is 10.0. The van der Waals surface area contributed by atoms with E-state index in [2.05, 4.69) is 62.2 Å². The number of rotatable bonds is 19. The maximum atomic E-state index is 13.3. The molecule has 0 spiro atoms. The van der Waals surface area contributed by atoms with Gasteiger partial charge in [-0.3, -0.25) is 0 Å². The van der Waals surface area contributed by atoms with Crippen molar-refractivity contribution >= 4 is 24.0 Å². The van der Waals surface area contributed by atoms with Crippen LogP contribution in [0.4, 0.5) is 18.4 Å². The monoisotopic (exact) mass is 1000 g/mol. The van der Waals surface area contributed by atoms with Crippen molar-refractivity contribution in [3.05, 3.63) is 131 Å². The van der Waals surface area contributed by atoms with E-state index in [1.54, 1.807) is 24.3 Å². The molecule has 2 aliphatic heterocycles. The minimum Gasteiger partial charge on any atom is -0.493 e. The molecule has 6 N–H and O–H groups in total.